The summed E-state index contributed by atoms with van der Waals surface area (Å²) in [4.78, 5) is 23.1. The van der Waals surface area contributed by atoms with E-state index in [1.807, 2.05) is 24.3 Å². The molecule has 2 aliphatic rings. The number of carbonyl (C=O) groups is 2. The number of hydrogen-bond donors (Lipinski definition) is 1. The van der Waals surface area contributed by atoms with Gasteiger partial charge in [0, 0.05) is 11.6 Å². The SMILES string of the molecule is O=C(O)C1=CC(=O)C2(CCCc3ccccc32)O1. The molecule has 4 nitrogen and oxygen atoms in total. The Hall–Kier alpha value is -2.10. The Balaban J connectivity index is 2.10. The molecule has 0 saturated carbocycles. The van der Waals surface area contributed by atoms with Gasteiger partial charge in [0.1, 0.15) is 0 Å². The maximum atomic E-state index is 12.2. The number of aliphatic carboxylic acids is 1. The van der Waals surface area contributed by atoms with Crippen LogP contribution in [-0.4, -0.2) is 16.9 Å². The molecule has 4 heteroatoms. The van der Waals surface area contributed by atoms with E-state index in [0.29, 0.717) is 6.42 Å². The quantitative estimate of drug-likeness (QED) is 0.818. The van der Waals surface area contributed by atoms with Crippen LogP contribution in [0.25, 0.3) is 0 Å². The van der Waals surface area contributed by atoms with Crippen molar-refractivity contribution in [2.24, 2.45) is 0 Å². The van der Waals surface area contributed by atoms with Gasteiger partial charge in [-0.05, 0) is 24.8 Å². The first-order valence-corrected chi connectivity index (χ1v) is 5.90. The second kappa shape index (κ2) is 3.70. The van der Waals surface area contributed by atoms with Gasteiger partial charge in [0.2, 0.25) is 11.5 Å². The van der Waals surface area contributed by atoms with Crippen molar-refractivity contribution in [2.75, 3.05) is 0 Å². The average Bonchev–Trinajstić information content (AvgIpc) is 2.69. The van der Waals surface area contributed by atoms with Crippen molar-refractivity contribution in [3.8, 4) is 0 Å². The molecule has 1 aromatic carbocycles. The Labute approximate surface area is 104 Å². The van der Waals surface area contributed by atoms with Crippen molar-refractivity contribution in [3.05, 3.63) is 47.2 Å². The molecule has 1 aliphatic heterocycles. The van der Waals surface area contributed by atoms with Gasteiger partial charge in [-0.1, -0.05) is 24.3 Å². The van der Waals surface area contributed by atoms with Crippen LogP contribution in [0.2, 0.25) is 0 Å². The summed E-state index contributed by atoms with van der Waals surface area (Å²) in [6, 6.07) is 7.58. The van der Waals surface area contributed by atoms with Gasteiger partial charge in [0.05, 0.1) is 0 Å². The fourth-order valence-corrected chi connectivity index (χ4v) is 2.77. The third kappa shape index (κ3) is 1.38. The highest BCUT2D eigenvalue weighted by molar-refractivity contribution is 6.06. The van der Waals surface area contributed by atoms with Gasteiger partial charge < -0.3 is 9.84 Å². The van der Waals surface area contributed by atoms with E-state index in [2.05, 4.69) is 0 Å². The molecule has 0 fully saturated rings. The first-order valence-electron chi connectivity index (χ1n) is 5.90. The Morgan fingerprint density at radius 1 is 1.33 bits per heavy atom. The summed E-state index contributed by atoms with van der Waals surface area (Å²) in [5, 5.41) is 8.95. The second-order valence-electron chi connectivity index (χ2n) is 4.62. The Kier molecular flexibility index (Phi) is 2.26. The fraction of sp³-hybridized carbons (Fsp3) is 0.286. The molecule has 1 atom stereocenters. The zero-order chi connectivity index (χ0) is 12.8. The molecule has 0 aromatic heterocycles. The van der Waals surface area contributed by atoms with Gasteiger partial charge in [-0.3, -0.25) is 4.79 Å². The van der Waals surface area contributed by atoms with Crippen LogP contribution >= 0.6 is 0 Å². The zero-order valence-corrected chi connectivity index (χ0v) is 9.68. The first kappa shape index (κ1) is 11.0. The average molecular weight is 244 g/mol. The van der Waals surface area contributed by atoms with Crippen molar-refractivity contribution < 1.29 is 19.4 Å². The van der Waals surface area contributed by atoms with Crippen LogP contribution in [-0.2, 0) is 26.3 Å². The summed E-state index contributed by atoms with van der Waals surface area (Å²) in [7, 11) is 0. The molecule has 1 unspecified atom stereocenters. The monoisotopic (exact) mass is 244 g/mol. The molecular weight excluding hydrogens is 232 g/mol. The number of aryl methyl sites for hydroxylation is 1. The predicted molar refractivity (Wildman–Crippen MR) is 62.9 cm³/mol. The van der Waals surface area contributed by atoms with E-state index in [-0.39, 0.29) is 11.5 Å². The number of carboxylic acids is 1. The summed E-state index contributed by atoms with van der Waals surface area (Å²) >= 11 is 0. The van der Waals surface area contributed by atoms with Crippen LogP contribution in [0.4, 0.5) is 0 Å². The summed E-state index contributed by atoms with van der Waals surface area (Å²) in [5.41, 5.74) is 0.786. The molecule has 0 saturated heterocycles. The van der Waals surface area contributed by atoms with Crippen LogP contribution in [0, 0.1) is 0 Å². The van der Waals surface area contributed by atoms with Gasteiger partial charge in [0.15, 0.2) is 5.60 Å². The maximum absolute atomic E-state index is 12.2. The summed E-state index contributed by atoms with van der Waals surface area (Å²) in [6.07, 6.45) is 3.36. The minimum Gasteiger partial charge on any atom is -0.475 e. The molecule has 1 aliphatic carbocycles. The lowest BCUT2D eigenvalue weighted by atomic mass is 9.77. The summed E-state index contributed by atoms with van der Waals surface area (Å²) < 4.78 is 5.50. The number of rotatable bonds is 1. The molecule has 0 radical (unpaired) electrons. The van der Waals surface area contributed by atoms with Gasteiger partial charge in [-0.15, -0.1) is 0 Å². The number of ether oxygens (including phenoxy) is 1. The lowest BCUT2D eigenvalue weighted by Gasteiger charge is -2.33. The molecule has 0 bridgehead atoms. The van der Waals surface area contributed by atoms with E-state index in [1.54, 1.807) is 0 Å². The lowest BCUT2D eigenvalue weighted by molar-refractivity contribution is -0.143. The fourth-order valence-electron chi connectivity index (χ4n) is 2.77. The Morgan fingerprint density at radius 3 is 2.83 bits per heavy atom. The molecule has 92 valence electrons. The van der Waals surface area contributed by atoms with Crippen molar-refractivity contribution in [3.63, 3.8) is 0 Å². The van der Waals surface area contributed by atoms with Crippen LogP contribution in [0.15, 0.2) is 36.1 Å². The molecule has 1 heterocycles. The van der Waals surface area contributed by atoms with Gasteiger partial charge in [0.25, 0.3) is 0 Å². The number of carbonyl (C=O) groups excluding carboxylic acids is 1. The molecular formula is C14H12O4. The van der Waals surface area contributed by atoms with E-state index in [4.69, 9.17) is 9.84 Å². The smallest absolute Gasteiger partial charge is 0.371 e. The summed E-state index contributed by atoms with van der Waals surface area (Å²) in [6.45, 7) is 0. The van der Waals surface area contributed by atoms with E-state index >= 15 is 0 Å². The number of fused-ring (bicyclic) bond motifs is 2. The molecule has 1 aromatic rings. The highest BCUT2D eigenvalue weighted by Crippen LogP contribution is 2.44. The van der Waals surface area contributed by atoms with Crippen molar-refractivity contribution in [1.82, 2.24) is 0 Å². The summed E-state index contributed by atoms with van der Waals surface area (Å²) in [5.74, 6) is -1.70. The Bertz CT molecular complexity index is 573. The first-order chi connectivity index (χ1) is 8.63. The topological polar surface area (TPSA) is 63.6 Å². The van der Waals surface area contributed by atoms with E-state index in [0.717, 1.165) is 30.0 Å². The normalized spacial score (nSPS) is 25.6. The third-order valence-electron chi connectivity index (χ3n) is 3.58. The molecule has 1 N–H and O–H groups in total. The molecule has 1 spiro atoms. The van der Waals surface area contributed by atoms with E-state index in [1.165, 1.54) is 0 Å². The van der Waals surface area contributed by atoms with Crippen molar-refractivity contribution in [1.29, 1.82) is 0 Å². The van der Waals surface area contributed by atoms with E-state index in [9.17, 15) is 9.59 Å². The minimum absolute atomic E-state index is 0.253. The van der Waals surface area contributed by atoms with Crippen LogP contribution in [0.5, 0.6) is 0 Å². The van der Waals surface area contributed by atoms with E-state index < -0.39 is 11.6 Å². The van der Waals surface area contributed by atoms with Crippen LogP contribution < -0.4 is 0 Å². The number of hydrogen-bond acceptors (Lipinski definition) is 3. The van der Waals surface area contributed by atoms with Crippen LogP contribution in [0.1, 0.15) is 24.0 Å². The molecule has 18 heavy (non-hydrogen) atoms. The standard InChI is InChI=1S/C14H12O4/c15-12-8-11(13(16)17)18-14(12)7-3-5-9-4-1-2-6-10(9)14/h1-2,4,6,8H,3,5,7H2,(H,16,17). The van der Waals surface area contributed by atoms with Gasteiger partial charge in [-0.25, -0.2) is 4.79 Å². The third-order valence-corrected chi connectivity index (χ3v) is 3.58. The Morgan fingerprint density at radius 2 is 2.11 bits per heavy atom. The van der Waals surface area contributed by atoms with Crippen molar-refractivity contribution in [2.45, 2.75) is 24.9 Å². The number of ketones is 1. The predicted octanol–water partition coefficient (Wildman–Crippen LogP) is 1.79. The zero-order valence-electron chi connectivity index (χ0n) is 9.68. The minimum atomic E-state index is -1.19. The maximum Gasteiger partial charge on any atom is 0.371 e. The van der Waals surface area contributed by atoms with Gasteiger partial charge in [-0.2, -0.15) is 0 Å². The second-order valence-corrected chi connectivity index (χ2v) is 4.62. The lowest BCUT2D eigenvalue weighted by Crippen LogP contribution is -2.37. The molecule has 0 amide bonds. The number of benzene rings is 1. The van der Waals surface area contributed by atoms with Crippen LogP contribution in [0.3, 0.4) is 0 Å². The molecule has 3 rings (SSSR count). The van der Waals surface area contributed by atoms with Crippen molar-refractivity contribution >= 4 is 11.8 Å². The highest BCUT2D eigenvalue weighted by atomic mass is 16.5. The highest BCUT2D eigenvalue weighted by Gasteiger charge is 2.49. The number of carboxylic acid groups (broad SMARTS) is 1. The van der Waals surface area contributed by atoms with Gasteiger partial charge >= 0.3 is 5.97 Å². The largest absolute Gasteiger partial charge is 0.475 e.